The smallest absolute Gasteiger partial charge is 0.0218 e. The van der Waals surface area contributed by atoms with Gasteiger partial charge in [-0.1, -0.05) is 34.6 Å². The first-order valence-corrected chi connectivity index (χ1v) is 8.62. The van der Waals surface area contributed by atoms with E-state index in [1.165, 1.54) is 45.4 Å². The maximum atomic E-state index is 3.67. The molecule has 1 aliphatic heterocycles. The van der Waals surface area contributed by atoms with Gasteiger partial charge in [-0.05, 0) is 31.7 Å². The Morgan fingerprint density at radius 1 is 1.15 bits per heavy atom. The predicted molar refractivity (Wildman–Crippen MR) is 89.3 cm³/mol. The zero-order valence-corrected chi connectivity index (χ0v) is 14.7. The molecule has 0 aromatic rings. The van der Waals surface area contributed by atoms with E-state index in [0.29, 0.717) is 11.5 Å². The number of hydrogen-bond donors (Lipinski definition) is 1. The maximum absolute atomic E-state index is 3.67. The van der Waals surface area contributed by atoms with Crippen LogP contribution in [-0.2, 0) is 0 Å². The standard InChI is InChI=1S/C17H37N3/c1-7-16-12-20(11-10-19(16)6)14-17(8-2,9-3)13-18-15(4)5/h15-16,18H,7-14H2,1-6H3. The van der Waals surface area contributed by atoms with Gasteiger partial charge in [-0.3, -0.25) is 4.90 Å². The van der Waals surface area contributed by atoms with Crippen molar-refractivity contribution in [3.05, 3.63) is 0 Å². The van der Waals surface area contributed by atoms with Crippen LogP contribution < -0.4 is 5.32 Å². The van der Waals surface area contributed by atoms with E-state index >= 15 is 0 Å². The summed E-state index contributed by atoms with van der Waals surface area (Å²) in [4.78, 5) is 5.24. The number of nitrogens with one attached hydrogen (secondary N) is 1. The molecular formula is C17H37N3. The molecule has 120 valence electrons. The second-order valence-electron chi connectivity index (χ2n) is 7.02. The Morgan fingerprint density at radius 2 is 1.80 bits per heavy atom. The van der Waals surface area contributed by atoms with Gasteiger partial charge in [0, 0.05) is 44.8 Å². The molecule has 0 amide bonds. The van der Waals surface area contributed by atoms with E-state index in [1.807, 2.05) is 0 Å². The molecule has 1 N–H and O–H groups in total. The monoisotopic (exact) mass is 283 g/mol. The van der Waals surface area contributed by atoms with Gasteiger partial charge in [0.25, 0.3) is 0 Å². The van der Waals surface area contributed by atoms with Crippen LogP contribution in [0.15, 0.2) is 0 Å². The van der Waals surface area contributed by atoms with Crippen LogP contribution in [0.25, 0.3) is 0 Å². The Morgan fingerprint density at radius 3 is 2.30 bits per heavy atom. The van der Waals surface area contributed by atoms with Crippen LogP contribution in [-0.4, -0.2) is 61.7 Å². The highest BCUT2D eigenvalue weighted by atomic mass is 15.3. The molecule has 1 saturated heterocycles. The van der Waals surface area contributed by atoms with Gasteiger partial charge >= 0.3 is 0 Å². The number of piperazine rings is 1. The highest BCUT2D eigenvalue weighted by molar-refractivity contribution is 4.87. The van der Waals surface area contributed by atoms with Crippen LogP contribution >= 0.6 is 0 Å². The molecular weight excluding hydrogens is 246 g/mol. The Labute approximate surface area is 127 Å². The first-order valence-electron chi connectivity index (χ1n) is 8.62. The summed E-state index contributed by atoms with van der Waals surface area (Å²) in [5.74, 6) is 0. The Balaban J connectivity index is 2.60. The predicted octanol–water partition coefficient (Wildman–Crippen LogP) is 2.82. The highest BCUT2D eigenvalue weighted by Gasteiger charge is 2.32. The van der Waals surface area contributed by atoms with Crippen LogP contribution in [0.5, 0.6) is 0 Å². The summed E-state index contributed by atoms with van der Waals surface area (Å²) in [5, 5.41) is 3.67. The Hall–Kier alpha value is -0.120. The zero-order chi connectivity index (χ0) is 15.2. The summed E-state index contributed by atoms with van der Waals surface area (Å²) in [6.07, 6.45) is 3.81. The molecule has 1 unspecified atom stereocenters. The van der Waals surface area contributed by atoms with E-state index in [2.05, 4.69) is 56.8 Å². The fourth-order valence-corrected chi connectivity index (χ4v) is 3.27. The van der Waals surface area contributed by atoms with Crippen molar-refractivity contribution in [2.24, 2.45) is 5.41 Å². The highest BCUT2D eigenvalue weighted by Crippen LogP contribution is 2.28. The quantitative estimate of drug-likeness (QED) is 0.739. The molecule has 1 heterocycles. The normalized spacial score (nSPS) is 22.6. The topological polar surface area (TPSA) is 18.5 Å². The van der Waals surface area contributed by atoms with E-state index in [0.717, 1.165) is 12.6 Å². The van der Waals surface area contributed by atoms with Crippen LogP contribution in [0.2, 0.25) is 0 Å². The fourth-order valence-electron chi connectivity index (χ4n) is 3.27. The molecule has 0 spiro atoms. The molecule has 0 aliphatic carbocycles. The van der Waals surface area contributed by atoms with Crippen molar-refractivity contribution in [1.29, 1.82) is 0 Å². The van der Waals surface area contributed by atoms with Gasteiger partial charge in [-0.15, -0.1) is 0 Å². The second kappa shape index (κ2) is 8.35. The average Bonchev–Trinajstić information content (AvgIpc) is 2.45. The molecule has 0 saturated carbocycles. The van der Waals surface area contributed by atoms with E-state index in [4.69, 9.17) is 0 Å². The lowest BCUT2D eigenvalue weighted by atomic mass is 9.81. The van der Waals surface area contributed by atoms with E-state index < -0.39 is 0 Å². The van der Waals surface area contributed by atoms with Crippen LogP contribution in [0.4, 0.5) is 0 Å². The van der Waals surface area contributed by atoms with Crippen LogP contribution in [0.3, 0.4) is 0 Å². The first-order chi connectivity index (χ1) is 9.46. The van der Waals surface area contributed by atoms with Gasteiger partial charge in [0.1, 0.15) is 0 Å². The summed E-state index contributed by atoms with van der Waals surface area (Å²) in [7, 11) is 2.28. The third-order valence-electron chi connectivity index (χ3n) is 5.28. The van der Waals surface area contributed by atoms with E-state index in [9.17, 15) is 0 Å². The van der Waals surface area contributed by atoms with Crippen molar-refractivity contribution in [3.63, 3.8) is 0 Å². The van der Waals surface area contributed by atoms with Gasteiger partial charge in [0.05, 0.1) is 0 Å². The van der Waals surface area contributed by atoms with Crippen molar-refractivity contribution in [3.8, 4) is 0 Å². The van der Waals surface area contributed by atoms with Crippen molar-refractivity contribution in [2.45, 2.75) is 66.0 Å². The second-order valence-corrected chi connectivity index (χ2v) is 7.02. The third-order valence-corrected chi connectivity index (χ3v) is 5.28. The molecule has 1 fully saturated rings. The molecule has 0 aromatic heterocycles. The minimum Gasteiger partial charge on any atom is -0.314 e. The number of nitrogens with zero attached hydrogens (tertiary/aromatic N) is 2. The molecule has 1 atom stereocenters. The number of hydrogen-bond acceptors (Lipinski definition) is 3. The van der Waals surface area contributed by atoms with Gasteiger partial charge in [-0.2, -0.15) is 0 Å². The molecule has 1 rings (SSSR count). The maximum Gasteiger partial charge on any atom is 0.0218 e. The fraction of sp³-hybridized carbons (Fsp3) is 1.00. The molecule has 0 aromatic carbocycles. The SMILES string of the molecule is CCC1CN(CC(CC)(CC)CNC(C)C)CCN1C. The van der Waals surface area contributed by atoms with Crippen LogP contribution in [0.1, 0.15) is 53.9 Å². The van der Waals surface area contributed by atoms with Crippen molar-refractivity contribution in [2.75, 3.05) is 39.8 Å². The Kier molecular flexibility index (Phi) is 7.49. The molecule has 0 radical (unpaired) electrons. The first kappa shape index (κ1) is 17.9. The number of likely N-dealkylation sites (N-methyl/N-ethyl adjacent to an activating group) is 1. The summed E-state index contributed by atoms with van der Waals surface area (Å²) < 4.78 is 0. The summed E-state index contributed by atoms with van der Waals surface area (Å²) in [5.41, 5.74) is 0.443. The molecule has 3 heteroatoms. The van der Waals surface area contributed by atoms with Gasteiger partial charge in [-0.25, -0.2) is 0 Å². The molecule has 20 heavy (non-hydrogen) atoms. The summed E-state index contributed by atoms with van der Waals surface area (Å²) in [6, 6.07) is 1.33. The number of rotatable bonds is 8. The summed E-state index contributed by atoms with van der Waals surface area (Å²) >= 11 is 0. The zero-order valence-electron chi connectivity index (χ0n) is 14.7. The Bertz CT molecular complexity index is 261. The lowest BCUT2D eigenvalue weighted by molar-refractivity contribution is 0.0517. The van der Waals surface area contributed by atoms with Crippen LogP contribution in [0, 0.1) is 5.41 Å². The minimum atomic E-state index is 0.443. The van der Waals surface area contributed by atoms with Crippen molar-refractivity contribution < 1.29 is 0 Å². The average molecular weight is 284 g/mol. The minimum absolute atomic E-state index is 0.443. The van der Waals surface area contributed by atoms with E-state index in [1.54, 1.807) is 0 Å². The summed E-state index contributed by atoms with van der Waals surface area (Å²) in [6.45, 7) is 17.6. The lowest BCUT2D eigenvalue weighted by Gasteiger charge is -2.44. The molecule has 3 nitrogen and oxygen atoms in total. The lowest BCUT2D eigenvalue weighted by Crippen LogP contribution is -2.55. The van der Waals surface area contributed by atoms with E-state index in [-0.39, 0.29) is 0 Å². The largest absolute Gasteiger partial charge is 0.314 e. The molecule has 0 bridgehead atoms. The van der Waals surface area contributed by atoms with Gasteiger partial charge < -0.3 is 10.2 Å². The van der Waals surface area contributed by atoms with Gasteiger partial charge in [0.15, 0.2) is 0 Å². The van der Waals surface area contributed by atoms with Crippen molar-refractivity contribution in [1.82, 2.24) is 15.1 Å². The van der Waals surface area contributed by atoms with Gasteiger partial charge in [0.2, 0.25) is 0 Å². The van der Waals surface area contributed by atoms with Crippen molar-refractivity contribution >= 4 is 0 Å². The third kappa shape index (κ3) is 5.01. The molecule has 1 aliphatic rings.